The van der Waals surface area contributed by atoms with Crippen LogP contribution in [0.5, 0.6) is 5.75 Å². The number of aliphatic hydroxyl groups is 1. The van der Waals surface area contributed by atoms with Crippen molar-refractivity contribution in [1.82, 2.24) is 5.32 Å². The van der Waals surface area contributed by atoms with Gasteiger partial charge in [-0.3, -0.25) is 4.79 Å². The fourth-order valence-corrected chi connectivity index (χ4v) is 2.14. The number of hydrogen-bond donors (Lipinski definition) is 2. The van der Waals surface area contributed by atoms with Gasteiger partial charge in [-0.05, 0) is 30.2 Å². The zero-order valence-corrected chi connectivity index (χ0v) is 12.3. The number of fused-ring (bicyclic) bond motifs is 1. The molecule has 1 heterocycles. The lowest BCUT2D eigenvalue weighted by Crippen LogP contribution is -2.42. The molecule has 0 saturated carbocycles. The standard InChI is InChI=1S/C15H18ClNO3/c1-9(2)13(7-18)17-15(19)11-5-10-6-12(16)3-4-14(10)20-8-11/h3-6,9,13,18H,7-8H2,1-2H3,(H,17,19). The van der Waals surface area contributed by atoms with Gasteiger partial charge < -0.3 is 15.2 Å². The maximum atomic E-state index is 12.2. The van der Waals surface area contributed by atoms with Crippen LogP contribution in [0.2, 0.25) is 5.02 Å². The molecule has 20 heavy (non-hydrogen) atoms. The molecule has 0 aliphatic carbocycles. The molecule has 5 heteroatoms. The number of ether oxygens (including phenoxy) is 1. The van der Waals surface area contributed by atoms with Crippen molar-refractivity contribution in [1.29, 1.82) is 0 Å². The molecule has 4 nitrogen and oxygen atoms in total. The van der Waals surface area contributed by atoms with E-state index in [9.17, 15) is 9.90 Å². The summed E-state index contributed by atoms with van der Waals surface area (Å²) in [5, 5.41) is 12.7. The highest BCUT2D eigenvalue weighted by Crippen LogP contribution is 2.29. The predicted molar refractivity (Wildman–Crippen MR) is 78.8 cm³/mol. The minimum Gasteiger partial charge on any atom is -0.488 e. The van der Waals surface area contributed by atoms with Gasteiger partial charge in [-0.1, -0.05) is 25.4 Å². The summed E-state index contributed by atoms with van der Waals surface area (Å²) in [4.78, 5) is 12.2. The number of carbonyl (C=O) groups is 1. The van der Waals surface area contributed by atoms with Crippen molar-refractivity contribution in [3.63, 3.8) is 0 Å². The van der Waals surface area contributed by atoms with Crippen LogP contribution in [0.3, 0.4) is 0 Å². The van der Waals surface area contributed by atoms with E-state index in [-0.39, 0.29) is 31.1 Å². The second kappa shape index (κ2) is 6.29. The van der Waals surface area contributed by atoms with Crippen molar-refractivity contribution in [2.45, 2.75) is 19.9 Å². The molecule has 108 valence electrons. The number of rotatable bonds is 4. The lowest BCUT2D eigenvalue weighted by molar-refractivity contribution is -0.119. The minimum absolute atomic E-state index is 0.0834. The number of benzene rings is 1. The molecule has 0 fully saturated rings. The van der Waals surface area contributed by atoms with Gasteiger partial charge in [0.1, 0.15) is 12.4 Å². The highest BCUT2D eigenvalue weighted by Gasteiger charge is 2.21. The Bertz CT molecular complexity index is 540. The number of nitrogens with one attached hydrogen (secondary N) is 1. The van der Waals surface area contributed by atoms with Gasteiger partial charge in [-0.2, -0.15) is 0 Å². The van der Waals surface area contributed by atoms with Crippen LogP contribution in [0.1, 0.15) is 19.4 Å². The van der Waals surface area contributed by atoms with Crippen molar-refractivity contribution in [3.8, 4) is 5.75 Å². The van der Waals surface area contributed by atoms with Crippen molar-refractivity contribution in [2.75, 3.05) is 13.2 Å². The van der Waals surface area contributed by atoms with E-state index in [0.29, 0.717) is 16.3 Å². The summed E-state index contributed by atoms with van der Waals surface area (Å²) in [6.07, 6.45) is 1.77. The number of carbonyl (C=O) groups excluding carboxylic acids is 1. The molecule has 1 unspecified atom stereocenters. The first-order chi connectivity index (χ1) is 9.51. The van der Waals surface area contributed by atoms with Crippen LogP contribution in [0.25, 0.3) is 6.08 Å². The van der Waals surface area contributed by atoms with E-state index < -0.39 is 0 Å². The normalized spacial score (nSPS) is 15.2. The molecule has 0 aromatic heterocycles. The average molecular weight is 296 g/mol. The maximum Gasteiger partial charge on any atom is 0.250 e. The van der Waals surface area contributed by atoms with Gasteiger partial charge in [0, 0.05) is 10.6 Å². The summed E-state index contributed by atoms with van der Waals surface area (Å²) in [5.41, 5.74) is 1.32. The second-order valence-electron chi connectivity index (χ2n) is 5.15. The third-order valence-electron chi connectivity index (χ3n) is 3.29. The first-order valence-electron chi connectivity index (χ1n) is 6.56. The summed E-state index contributed by atoms with van der Waals surface area (Å²) >= 11 is 5.93. The molecule has 1 aliphatic heterocycles. The van der Waals surface area contributed by atoms with Crippen molar-refractivity contribution in [3.05, 3.63) is 34.4 Å². The predicted octanol–water partition coefficient (Wildman–Crippen LogP) is 2.25. The second-order valence-corrected chi connectivity index (χ2v) is 5.58. The monoisotopic (exact) mass is 295 g/mol. The topological polar surface area (TPSA) is 58.6 Å². The molecule has 1 aromatic rings. The van der Waals surface area contributed by atoms with Crippen LogP contribution in [-0.4, -0.2) is 30.3 Å². The van der Waals surface area contributed by atoms with Crippen molar-refractivity contribution < 1.29 is 14.6 Å². The number of halogens is 1. The van der Waals surface area contributed by atoms with Gasteiger partial charge in [-0.25, -0.2) is 0 Å². The van der Waals surface area contributed by atoms with Crippen LogP contribution in [0, 0.1) is 5.92 Å². The van der Waals surface area contributed by atoms with Crippen LogP contribution in [-0.2, 0) is 4.79 Å². The summed E-state index contributed by atoms with van der Waals surface area (Å²) < 4.78 is 5.54. The minimum atomic E-state index is -0.260. The van der Waals surface area contributed by atoms with E-state index in [1.54, 1.807) is 24.3 Å². The Labute approximate surface area is 123 Å². The highest BCUT2D eigenvalue weighted by atomic mass is 35.5. The molecule has 0 bridgehead atoms. The first-order valence-corrected chi connectivity index (χ1v) is 6.93. The molecular weight excluding hydrogens is 278 g/mol. The quantitative estimate of drug-likeness (QED) is 0.896. The molecule has 0 radical (unpaired) electrons. The van der Waals surface area contributed by atoms with Crippen LogP contribution >= 0.6 is 11.6 Å². The number of aliphatic hydroxyl groups excluding tert-OH is 1. The van der Waals surface area contributed by atoms with Gasteiger partial charge in [-0.15, -0.1) is 0 Å². The third-order valence-corrected chi connectivity index (χ3v) is 3.53. The zero-order valence-electron chi connectivity index (χ0n) is 11.5. The van der Waals surface area contributed by atoms with Crippen LogP contribution in [0.15, 0.2) is 23.8 Å². The zero-order chi connectivity index (χ0) is 14.7. The Balaban J connectivity index is 2.16. The van der Waals surface area contributed by atoms with Gasteiger partial charge in [0.05, 0.1) is 18.2 Å². The lowest BCUT2D eigenvalue weighted by Gasteiger charge is -2.23. The molecule has 0 spiro atoms. The van der Waals surface area contributed by atoms with Crippen molar-refractivity contribution >= 4 is 23.6 Å². The number of amides is 1. The Kier molecular flexibility index (Phi) is 4.68. The third kappa shape index (κ3) is 3.32. The van der Waals surface area contributed by atoms with Gasteiger partial charge in [0.15, 0.2) is 0 Å². The smallest absolute Gasteiger partial charge is 0.250 e. The summed E-state index contributed by atoms with van der Waals surface area (Å²) in [6.45, 7) is 4.03. The fourth-order valence-electron chi connectivity index (χ4n) is 1.96. The Morgan fingerprint density at radius 2 is 2.25 bits per heavy atom. The highest BCUT2D eigenvalue weighted by molar-refractivity contribution is 6.30. The van der Waals surface area contributed by atoms with E-state index in [1.165, 1.54) is 0 Å². The molecule has 0 saturated heterocycles. The Morgan fingerprint density at radius 1 is 1.50 bits per heavy atom. The largest absolute Gasteiger partial charge is 0.488 e. The van der Waals surface area contributed by atoms with E-state index in [0.717, 1.165) is 5.56 Å². The van der Waals surface area contributed by atoms with E-state index in [2.05, 4.69) is 5.32 Å². The van der Waals surface area contributed by atoms with Crippen molar-refractivity contribution in [2.24, 2.45) is 5.92 Å². The average Bonchev–Trinajstić information content (AvgIpc) is 2.43. The molecule has 1 aliphatic rings. The van der Waals surface area contributed by atoms with E-state index >= 15 is 0 Å². The van der Waals surface area contributed by atoms with Crippen LogP contribution < -0.4 is 10.1 Å². The SMILES string of the molecule is CC(C)C(CO)NC(=O)C1=Cc2cc(Cl)ccc2OC1. The molecule has 1 aromatic carbocycles. The molecular formula is C15H18ClNO3. The Morgan fingerprint density at radius 3 is 2.90 bits per heavy atom. The fraction of sp³-hybridized carbons (Fsp3) is 0.400. The molecule has 2 N–H and O–H groups in total. The lowest BCUT2D eigenvalue weighted by atomic mass is 10.0. The Hall–Kier alpha value is -1.52. The van der Waals surface area contributed by atoms with E-state index in [4.69, 9.17) is 16.3 Å². The van der Waals surface area contributed by atoms with Gasteiger partial charge >= 0.3 is 0 Å². The summed E-state index contributed by atoms with van der Waals surface area (Å²) in [7, 11) is 0. The molecule has 2 rings (SSSR count). The molecule has 1 atom stereocenters. The molecule has 1 amide bonds. The van der Waals surface area contributed by atoms with Gasteiger partial charge in [0.25, 0.3) is 5.91 Å². The first kappa shape index (κ1) is 14.9. The summed E-state index contributed by atoms with van der Waals surface area (Å²) in [6, 6.07) is 5.03. The van der Waals surface area contributed by atoms with E-state index in [1.807, 2.05) is 13.8 Å². The number of hydrogen-bond acceptors (Lipinski definition) is 3. The summed E-state index contributed by atoms with van der Waals surface area (Å²) in [5.74, 6) is 0.660. The van der Waals surface area contributed by atoms with Crippen LogP contribution in [0.4, 0.5) is 0 Å². The van der Waals surface area contributed by atoms with Gasteiger partial charge in [0.2, 0.25) is 0 Å². The maximum absolute atomic E-state index is 12.2.